The Hall–Kier alpha value is -2.36. The van der Waals surface area contributed by atoms with E-state index in [1.165, 1.54) is 61.6 Å². The normalized spacial score (nSPS) is 17.9. The third kappa shape index (κ3) is 12.0. The molecular formula is C36H53FO3. The second kappa shape index (κ2) is 18.9. The summed E-state index contributed by atoms with van der Waals surface area (Å²) in [4.78, 5) is 12.0. The van der Waals surface area contributed by atoms with E-state index in [0.717, 1.165) is 70.1 Å². The molecule has 3 nitrogen and oxygen atoms in total. The molecule has 0 radical (unpaired) electrons. The van der Waals surface area contributed by atoms with Crippen molar-refractivity contribution < 1.29 is 18.7 Å². The van der Waals surface area contributed by atoms with Crippen molar-refractivity contribution in [2.24, 2.45) is 5.92 Å². The van der Waals surface area contributed by atoms with Gasteiger partial charge in [0.15, 0.2) is 6.17 Å². The minimum Gasteiger partial charge on any atom is -0.494 e. The fourth-order valence-electron chi connectivity index (χ4n) is 5.68. The van der Waals surface area contributed by atoms with Crippen LogP contribution >= 0.6 is 0 Å². The summed E-state index contributed by atoms with van der Waals surface area (Å²) in [7, 11) is 0. The molecule has 2 aromatic carbocycles. The highest BCUT2D eigenvalue weighted by molar-refractivity contribution is 5.74. The van der Waals surface area contributed by atoms with E-state index >= 15 is 0 Å². The summed E-state index contributed by atoms with van der Waals surface area (Å²) in [6, 6.07) is 17.4. The number of hydrogen-bond donors (Lipinski definition) is 0. The highest BCUT2D eigenvalue weighted by Gasteiger charge is 2.27. The second-order valence-corrected chi connectivity index (χ2v) is 11.8. The molecule has 0 N–H and O–H groups in total. The Bertz CT molecular complexity index is 932. The van der Waals surface area contributed by atoms with Crippen LogP contribution in [0.25, 0.3) is 11.1 Å². The number of benzene rings is 2. The number of halogens is 1. The van der Waals surface area contributed by atoms with Crippen molar-refractivity contribution in [3.05, 3.63) is 54.1 Å². The lowest BCUT2D eigenvalue weighted by atomic mass is 9.83. The van der Waals surface area contributed by atoms with Crippen molar-refractivity contribution in [3.8, 4) is 16.9 Å². The quantitative estimate of drug-likeness (QED) is 0.128. The van der Waals surface area contributed by atoms with Gasteiger partial charge in [-0.05, 0) is 86.1 Å². The number of alkyl halides is 1. The molecule has 0 saturated heterocycles. The summed E-state index contributed by atoms with van der Waals surface area (Å²) in [6.07, 6.45) is 16.9. The van der Waals surface area contributed by atoms with Crippen LogP contribution in [0.4, 0.5) is 4.39 Å². The van der Waals surface area contributed by atoms with E-state index in [1.54, 1.807) is 0 Å². The van der Waals surface area contributed by atoms with Crippen molar-refractivity contribution in [2.45, 2.75) is 135 Å². The first-order valence-corrected chi connectivity index (χ1v) is 16.3. The summed E-state index contributed by atoms with van der Waals surface area (Å²) >= 11 is 0. The van der Waals surface area contributed by atoms with Crippen LogP contribution < -0.4 is 4.74 Å². The molecule has 0 unspecified atom stereocenters. The van der Waals surface area contributed by atoms with E-state index in [4.69, 9.17) is 9.47 Å². The van der Waals surface area contributed by atoms with Gasteiger partial charge in [-0.15, -0.1) is 0 Å². The lowest BCUT2D eigenvalue weighted by molar-refractivity contribution is -0.157. The van der Waals surface area contributed by atoms with Crippen LogP contribution in [0.5, 0.6) is 5.75 Å². The summed E-state index contributed by atoms with van der Waals surface area (Å²) in [5.74, 6) is 0.945. The van der Waals surface area contributed by atoms with Gasteiger partial charge in [-0.2, -0.15) is 0 Å². The Balaban J connectivity index is 1.30. The van der Waals surface area contributed by atoms with Crippen LogP contribution in [0.3, 0.4) is 0 Å². The van der Waals surface area contributed by atoms with Crippen molar-refractivity contribution in [3.63, 3.8) is 0 Å². The van der Waals surface area contributed by atoms with Gasteiger partial charge in [0.1, 0.15) is 11.9 Å². The molecule has 222 valence electrons. The molecule has 1 fully saturated rings. The van der Waals surface area contributed by atoms with Gasteiger partial charge in [0.05, 0.1) is 6.61 Å². The average Bonchev–Trinajstić information content (AvgIpc) is 2.99. The van der Waals surface area contributed by atoms with Crippen LogP contribution in [0.2, 0.25) is 0 Å². The van der Waals surface area contributed by atoms with Gasteiger partial charge in [0.2, 0.25) is 0 Å². The topological polar surface area (TPSA) is 35.5 Å². The van der Waals surface area contributed by atoms with Crippen LogP contribution in [0.1, 0.15) is 122 Å². The number of carbonyl (C=O) groups is 1. The van der Waals surface area contributed by atoms with E-state index in [0.29, 0.717) is 5.92 Å². The molecule has 0 aliphatic heterocycles. The Kier molecular flexibility index (Phi) is 15.2. The molecule has 40 heavy (non-hydrogen) atoms. The van der Waals surface area contributed by atoms with E-state index in [2.05, 4.69) is 55.5 Å². The maximum atomic E-state index is 13.9. The molecule has 2 aromatic rings. The molecule has 0 spiro atoms. The number of aryl methyl sites for hydroxylation is 1. The molecule has 1 saturated carbocycles. The number of ether oxygens (including phenoxy) is 2. The number of carbonyl (C=O) groups excluding carboxylic acids is 1. The lowest BCUT2D eigenvalue weighted by Crippen LogP contribution is -2.29. The monoisotopic (exact) mass is 552 g/mol. The lowest BCUT2D eigenvalue weighted by Gasteiger charge is -2.28. The van der Waals surface area contributed by atoms with Crippen LogP contribution in [0, 0.1) is 5.92 Å². The molecule has 3 rings (SSSR count). The molecule has 0 amide bonds. The van der Waals surface area contributed by atoms with E-state index < -0.39 is 12.1 Å². The van der Waals surface area contributed by atoms with Gasteiger partial charge in [0.25, 0.3) is 0 Å². The molecular weight excluding hydrogens is 499 g/mol. The van der Waals surface area contributed by atoms with E-state index in [1.807, 2.05) is 6.92 Å². The van der Waals surface area contributed by atoms with E-state index in [9.17, 15) is 9.18 Å². The van der Waals surface area contributed by atoms with Crippen LogP contribution in [-0.2, 0) is 16.0 Å². The smallest absolute Gasteiger partial charge is 0.340 e. The minimum atomic E-state index is -1.46. The molecule has 0 heterocycles. The zero-order valence-electron chi connectivity index (χ0n) is 25.2. The van der Waals surface area contributed by atoms with Crippen molar-refractivity contribution in [1.82, 2.24) is 0 Å². The van der Waals surface area contributed by atoms with Gasteiger partial charge in [-0.25, -0.2) is 9.18 Å². The number of esters is 1. The third-order valence-corrected chi connectivity index (χ3v) is 8.39. The first-order chi connectivity index (χ1) is 19.6. The van der Waals surface area contributed by atoms with Crippen molar-refractivity contribution >= 4 is 5.97 Å². The predicted molar refractivity (Wildman–Crippen MR) is 165 cm³/mol. The fourth-order valence-corrected chi connectivity index (χ4v) is 5.68. The molecule has 4 heteroatoms. The second-order valence-electron chi connectivity index (χ2n) is 11.8. The standard InChI is InChI=1S/C36H53FO3/c1-3-5-7-8-9-10-11-12-28-39-33-26-22-32(23-27-33)31-20-16-29(17-21-31)14-15-30-18-24-34(25-19-30)40-36(38)35(37)13-6-4-2/h16-17,20-23,26-27,30,34-35H,3-15,18-19,24-25,28H2,1-2H3/t30?,34?,35-/m0/s1. The maximum absolute atomic E-state index is 13.9. The van der Waals surface area contributed by atoms with E-state index in [-0.39, 0.29) is 12.5 Å². The Morgan fingerprint density at radius 2 is 1.35 bits per heavy atom. The molecule has 1 aliphatic rings. The summed E-state index contributed by atoms with van der Waals surface area (Å²) in [5, 5.41) is 0. The van der Waals surface area contributed by atoms with Gasteiger partial charge in [-0.1, -0.05) is 108 Å². The molecule has 0 bridgehead atoms. The highest BCUT2D eigenvalue weighted by atomic mass is 19.1. The number of unbranched alkanes of at least 4 members (excludes halogenated alkanes) is 8. The van der Waals surface area contributed by atoms with Gasteiger partial charge in [0, 0.05) is 0 Å². The summed E-state index contributed by atoms with van der Waals surface area (Å²) < 4.78 is 25.3. The first kappa shape index (κ1) is 32.2. The summed E-state index contributed by atoms with van der Waals surface area (Å²) in [6.45, 7) is 5.06. The predicted octanol–water partition coefficient (Wildman–Crippen LogP) is 10.4. The third-order valence-electron chi connectivity index (χ3n) is 8.39. The SMILES string of the molecule is CCCCCCCCCCOc1ccc(-c2ccc(CCC3CCC(OC(=O)[C@@H](F)CCCC)CC3)cc2)cc1. The Morgan fingerprint density at radius 1 is 0.775 bits per heavy atom. The van der Waals surface area contributed by atoms with Crippen molar-refractivity contribution in [2.75, 3.05) is 6.61 Å². The summed E-state index contributed by atoms with van der Waals surface area (Å²) in [5.41, 5.74) is 3.80. The zero-order chi connectivity index (χ0) is 28.4. The number of rotatable bonds is 19. The maximum Gasteiger partial charge on any atom is 0.340 e. The number of hydrogen-bond acceptors (Lipinski definition) is 3. The largest absolute Gasteiger partial charge is 0.494 e. The minimum absolute atomic E-state index is 0.107. The van der Waals surface area contributed by atoms with Gasteiger partial charge in [-0.3, -0.25) is 0 Å². The fraction of sp³-hybridized carbons (Fsp3) is 0.639. The highest BCUT2D eigenvalue weighted by Crippen LogP contribution is 2.31. The molecule has 1 atom stereocenters. The van der Waals surface area contributed by atoms with Gasteiger partial charge >= 0.3 is 5.97 Å². The van der Waals surface area contributed by atoms with Crippen LogP contribution in [0.15, 0.2) is 48.5 Å². The van der Waals surface area contributed by atoms with Gasteiger partial charge < -0.3 is 9.47 Å². The van der Waals surface area contributed by atoms with Crippen molar-refractivity contribution in [1.29, 1.82) is 0 Å². The molecule has 1 aliphatic carbocycles. The molecule has 0 aromatic heterocycles. The Morgan fingerprint density at radius 3 is 1.98 bits per heavy atom. The zero-order valence-corrected chi connectivity index (χ0v) is 25.2. The average molecular weight is 553 g/mol. The Labute approximate surface area is 243 Å². The first-order valence-electron chi connectivity index (χ1n) is 16.3. The van der Waals surface area contributed by atoms with Crippen LogP contribution in [-0.4, -0.2) is 24.9 Å².